The van der Waals surface area contributed by atoms with Crippen LogP contribution in [0.5, 0.6) is 0 Å². The van der Waals surface area contributed by atoms with Crippen molar-refractivity contribution >= 4 is 35.8 Å². The molecule has 106 valence electrons. The fourth-order valence-electron chi connectivity index (χ4n) is 1.45. The van der Waals surface area contributed by atoms with Gasteiger partial charge in [0.1, 0.15) is 0 Å². The predicted molar refractivity (Wildman–Crippen MR) is 85.5 cm³/mol. The maximum Gasteiger partial charge on any atom is 0.220 e. The monoisotopic (exact) mass is 368 g/mol. The molecule has 1 aliphatic rings. The molecule has 1 amide bonds. The van der Waals surface area contributed by atoms with Crippen molar-refractivity contribution in [2.45, 2.75) is 45.1 Å². The van der Waals surface area contributed by atoms with Crippen LogP contribution in [0, 0.1) is 0 Å². The molecular formula is C12H25IN4O. The molecule has 0 aromatic carbocycles. The van der Waals surface area contributed by atoms with Crippen LogP contribution >= 0.6 is 24.0 Å². The summed E-state index contributed by atoms with van der Waals surface area (Å²) in [6, 6.07) is 0.467. The second-order valence-electron chi connectivity index (χ2n) is 4.37. The first-order valence-electron chi connectivity index (χ1n) is 6.50. The molecule has 0 spiro atoms. The normalized spacial score (nSPS) is 14.7. The van der Waals surface area contributed by atoms with Crippen LogP contribution < -0.4 is 16.0 Å². The van der Waals surface area contributed by atoms with Crippen molar-refractivity contribution in [3.8, 4) is 0 Å². The summed E-state index contributed by atoms with van der Waals surface area (Å²) in [5.41, 5.74) is 0. The van der Waals surface area contributed by atoms with Gasteiger partial charge in [-0.3, -0.25) is 9.79 Å². The average Bonchev–Trinajstić information content (AvgIpc) is 3.12. The summed E-state index contributed by atoms with van der Waals surface area (Å²) in [5.74, 6) is 0.986. The van der Waals surface area contributed by atoms with E-state index in [2.05, 4.69) is 27.9 Å². The van der Waals surface area contributed by atoms with E-state index in [9.17, 15) is 4.79 Å². The van der Waals surface area contributed by atoms with E-state index in [1.807, 2.05) is 0 Å². The molecule has 1 fully saturated rings. The zero-order valence-electron chi connectivity index (χ0n) is 11.3. The van der Waals surface area contributed by atoms with Crippen molar-refractivity contribution in [3.05, 3.63) is 0 Å². The Balaban J connectivity index is 0.00000289. The fraction of sp³-hybridized carbons (Fsp3) is 0.833. The molecule has 0 radical (unpaired) electrons. The molecule has 18 heavy (non-hydrogen) atoms. The summed E-state index contributed by atoms with van der Waals surface area (Å²) >= 11 is 0. The summed E-state index contributed by atoms with van der Waals surface area (Å²) in [5, 5.41) is 9.35. The van der Waals surface area contributed by atoms with Crippen molar-refractivity contribution < 1.29 is 4.79 Å². The van der Waals surface area contributed by atoms with E-state index in [1.54, 1.807) is 7.05 Å². The highest BCUT2D eigenvalue weighted by Crippen LogP contribution is 2.18. The molecule has 0 aliphatic heterocycles. The summed E-state index contributed by atoms with van der Waals surface area (Å²) in [6.07, 6.45) is 4.80. The van der Waals surface area contributed by atoms with E-state index in [0.717, 1.165) is 44.7 Å². The third-order valence-electron chi connectivity index (χ3n) is 2.58. The van der Waals surface area contributed by atoms with Gasteiger partial charge in [0.25, 0.3) is 0 Å². The number of halogens is 1. The molecule has 0 aromatic heterocycles. The van der Waals surface area contributed by atoms with Gasteiger partial charge in [-0.1, -0.05) is 6.92 Å². The SMILES string of the molecule is CCCNC(=NC)NCCCC(=O)NC1CC1.I. The van der Waals surface area contributed by atoms with Crippen molar-refractivity contribution in [1.29, 1.82) is 0 Å². The molecule has 1 saturated carbocycles. The predicted octanol–water partition coefficient (Wildman–Crippen LogP) is 1.24. The number of aliphatic imine (C=N–C) groups is 1. The van der Waals surface area contributed by atoms with Gasteiger partial charge in [-0.25, -0.2) is 0 Å². The number of amides is 1. The summed E-state index contributed by atoms with van der Waals surface area (Å²) in [6.45, 7) is 3.81. The maximum absolute atomic E-state index is 11.4. The molecule has 0 saturated heterocycles. The first-order valence-corrected chi connectivity index (χ1v) is 6.50. The van der Waals surface area contributed by atoms with E-state index in [0.29, 0.717) is 12.5 Å². The molecule has 0 atom stereocenters. The maximum atomic E-state index is 11.4. The number of nitrogens with one attached hydrogen (secondary N) is 3. The molecule has 5 nitrogen and oxygen atoms in total. The van der Waals surface area contributed by atoms with Gasteiger partial charge >= 0.3 is 0 Å². The van der Waals surface area contributed by atoms with Crippen molar-refractivity contribution in [2.24, 2.45) is 4.99 Å². The van der Waals surface area contributed by atoms with Crippen LogP contribution in [0.3, 0.4) is 0 Å². The Bertz CT molecular complexity index is 267. The van der Waals surface area contributed by atoms with Gasteiger partial charge in [0.15, 0.2) is 5.96 Å². The average molecular weight is 368 g/mol. The van der Waals surface area contributed by atoms with E-state index < -0.39 is 0 Å². The molecule has 1 aliphatic carbocycles. The van der Waals surface area contributed by atoms with Crippen molar-refractivity contribution in [3.63, 3.8) is 0 Å². The summed E-state index contributed by atoms with van der Waals surface area (Å²) < 4.78 is 0. The van der Waals surface area contributed by atoms with Crippen molar-refractivity contribution in [1.82, 2.24) is 16.0 Å². The van der Waals surface area contributed by atoms with Gasteiger partial charge in [-0.05, 0) is 25.7 Å². The number of hydrogen-bond donors (Lipinski definition) is 3. The zero-order chi connectivity index (χ0) is 12.5. The van der Waals surface area contributed by atoms with Crippen LogP contribution in [0.15, 0.2) is 4.99 Å². The Hall–Kier alpha value is -0.530. The smallest absolute Gasteiger partial charge is 0.220 e. The van der Waals surface area contributed by atoms with E-state index in [1.165, 1.54) is 0 Å². The molecule has 0 heterocycles. The van der Waals surface area contributed by atoms with Crippen LogP contribution in [-0.2, 0) is 4.79 Å². The molecule has 0 unspecified atom stereocenters. The number of guanidine groups is 1. The number of carbonyl (C=O) groups is 1. The van der Waals surface area contributed by atoms with Crippen LogP contribution in [0.2, 0.25) is 0 Å². The number of rotatable bonds is 7. The van der Waals surface area contributed by atoms with Gasteiger partial charge < -0.3 is 16.0 Å². The lowest BCUT2D eigenvalue weighted by atomic mass is 10.3. The standard InChI is InChI=1S/C12H24N4O.HI/c1-3-8-14-12(13-2)15-9-4-5-11(17)16-10-6-7-10;/h10H,3-9H2,1-2H3,(H,16,17)(H2,13,14,15);1H. The molecule has 1 rings (SSSR count). The van der Waals surface area contributed by atoms with Gasteiger partial charge in [0.2, 0.25) is 5.91 Å². The highest BCUT2D eigenvalue weighted by molar-refractivity contribution is 14.0. The minimum atomic E-state index is 0. The third kappa shape index (κ3) is 8.54. The molecule has 6 heteroatoms. The topological polar surface area (TPSA) is 65.5 Å². The van der Waals surface area contributed by atoms with Gasteiger partial charge in [-0.15, -0.1) is 24.0 Å². The Labute approximate surface area is 127 Å². The second-order valence-corrected chi connectivity index (χ2v) is 4.37. The zero-order valence-corrected chi connectivity index (χ0v) is 13.6. The summed E-state index contributed by atoms with van der Waals surface area (Å²) in [7, 11) is 1.75. The molecular weight excluding hydrogens is 343 g/mol. The Morgan fingerprint density at radius 2 is 1.94 bits per heavy atom. The molecule has 0 aromatic rings. The quantitative estimate of drug-likeness (QED) is 0.274. The first kappa shape index (κ1) is 17.5. The molecule has 3 N–H and O–H groups in total. The summed E-state index contributed by atoms with van der Waals surface area (Å²) in [4.78, 5) is 15.5. The van der Waals surface area contributed by atoms with Crippen LogP contribution in [0.25, 0.3) is 0 Å². The lowest BCUT2D eigenvalue weighted by Gasteiger charge is -2.10. The lowest BCUT2D eigenvalue weighted by molar-refractivity contribution is -0.121. The largest absolute Gasteiger partial charge is 0.356 e. The number of nitrogens with zero attached hydrogens (tertiary/aromatic N) is 1. The van der Waals surface area contributed by atoms with Gasteiger partial charge in [-0.2, -0.15) is 0 Å². The van der Waals surface area contributed by atoms with Crippen LogP contribution in [0.1, 0.15) is 39.0 Å². The highest BCUT2D eigenvalue weighted by Gasteiger charge is 2.22. The van der Waals surface area contributed by atoms with E-state index >= 15 is 0 Å². The first-order chi connectivity index (χ1) is 8.26. The number of hydrogen-bond acceptors (Lipinski definition) is 2. The minimum Gasteiger partial charge on any atom is -0.356 e. The number of carbonyl (C=O) groups excluding carboxylic acids is 1. The Kier molecular flexibility index (Phi) is 10.1. The second kappa shape index (κ2) is 10.4. The van der Waals surface area contributed by atoms with E-state index in [-0.39, 0.29) is 29.9 Å². The van der Waals surface area contributed by atoms with Crippen molar-refractivity contribution in [2.75, 3.05) is 20.1 Å². The Morgan fingerprint density at radius 3 is 2.50 bits per heavy atom. The van der Waals surface area contributed by atoms with Crippen LogP contribution in [-0.4, -0.2) is 38.0 Å². The Morgan fingerprint density at radius 1 is 1.28 bits per heavy atom. The fourth-order valence-corrected chi connectivity index (χ4v) is 1.45. The van der Waals surface area contributed by atoms with Gasteiger partial charge in [0.05, 0.1) is 0 Å². The lowest BCUT2D eigenvalue weighted by Crippen LogP contribution is -2.38. The van der Waals surface area contributed by atoms with Gasteiger partial charge in [0, 0.05) is 32.6 Å². The third-order valence-corrected chi connectivity index (χ3v) is 2.58. The highest BCUT2D eigenvalue weighted by atomic mass is 127. The van der Waals surface area contributed by atoms with E-state index in [4.69, 9.17) is 0 Å². The molecule has 0 bridgehead atoms. The van der Waals surface area contributed by atoms with Crippen LogP contribution in [0.4, 0.5) is 0 Å². The minimum absolute atomic E-state index is 0.